The summed E-state index contributed by atoms with van der Waals surface area (Å²) < 4.78 is 12.0. The van der Waals surface area contributed by atoms with Gasteiger partial charge in [-0.3, -0.25) is 9.78 Å². The predicted octanol–water partition coefficient (Wildman–Crippen LogP) is 3.54. The third-order valence-electron chi connectivity index (χ3n) is 3.52. The van der Waals surface area contributed by atoms with E-state index < -0.39 is 0 Å². The Labute approximate surface area is 156 Å². The number of rotatable bonds is 9. The van der Waals surface area contributed by atoms with Crippen LogP contribution in [0.25, 0.3) is 0 Å². The van der Waals surface area contributed by atoms with Gasteiger partial charge in [-0.05, 0) is 49.6 Å². The summed E-state index contributed by atoms with van der Waals surface area (Å²) in [4.78, 5) is 16.3. The number of aromatic nitrogens is 1. The van der Waals surface area contributed by atoms with Crippen LogP contribution < -0.4 is 14.8 Å². The molecule has 0 spiro atoms. The lowest BCUT2D eigenvalue weighted by atomic mass is 10.1. The third kappa shape index (κ3) is 6.05. The smallest absolute Gasteiger partial charge is 0.224 e. The van der Waals surface area contributed by atoms with E-state index in [1.165, 1.54) is 0 Å². The number of benzene rings is 1. The molecule has 0 saturated heterocycles. The van der Waals surface area contributed by atoms with E-state index in [0.29, 0.717) is 31.3 Å². The molecular weight excluding hydrogens is 384 g/mol. The van der Waals surface area contributed by atoms with Gasteiger partial charge < -0.3 is 14.8 Å². The SMILES string of the molecule is CCOc1cc(Br)c(CC(=O)NCCc2cccnc2)cc1OCC. The minimum Gasteiger partial charge on any atom is -0.490 e. The predicted molar refractivity (Wildman–Crippen MR) is 101 cm³/mol. The molecule has 2 aromatic rings. The zero-order chi connectivity index (χ0) is 18.1. The van der Waals surface area contributed by atoms with Gasteiger partial charge in [0.25, 0.3) is 0 Å². The molecule has 1 heterocycles. The van der Waals surface area contributed by atoms with Crippen LogP contribution in [0.4, 0.5) is 0 Å². The Balaban J connectivity index is 1.96. The molecule has 6 heteroatoms. The normalized spacial score (nSPS) is 10.4. The van der Waals surface area contributed by atoms with Crippen LogP contribution >= 0.6 is 15.9 Å². The first-order valence-electron chi connectivity index (χ1n) is 8.37. The number of ether oxygens (including phenoxy) is 2. The number of hydrogen-bond acceptors (Lipinski definition) is 4. The van der Waals surface area contributed by atoms with Gasteiger partial charge in [0.2, 0.25) is 5.91 Å². The minimum absolute atomic E-state index is 0.0313. The van der Waals surface area contributed by atoms with E-state index in [1.54, 1.807) is 6.20 Å². The summed E-state index contributed by atoms with van der Waals surface area (Å²) in [5, 5.41) is 2.94. The lowest BCUT2D eigenvalue weighted by Crippen LogP contribution is -2.27. The monoisotopic (exact) mass is 406 g/mol. The zero-order valence-electron chi connectivity index (χ0n) is 14.5. The molecule has 0 radical (unpaired) electrons. The molecule has 0 aliphatic carbocycles. The maximum atomic E-state index is 12.2. The largest absolute Gasteiger partial charge is 0.490 e. The number of amides is 1. The van der Waals surface area contributed by atoms with Crippen LogP contribution in [0.15, 0.2) is 41.1 Å². The number of halogens is 1. The van der Waals surface area contributed by atoms with Gasteiger partial charge in [-0.2, -0.15) is 0 Å². The summed E-state index contributed by atoms with van der Waals surface area (Å²) >= 11 is 3.51. The number of pyridine rings is 1. The number of nitrogens with one attached hydrogen (secondary N) is 1. The van der Waals surface area contributed by atoms with Crippen molar-refractivity contribution in [2.75, 3.05) is 19.8 Å². The molecule has 0 unspecified atom stereocenters. The summed E-state index contributed by atoms with van der Waals surface area (Å²) in [7, 11) is 0. The quantitative estimate of drug-likeness (QED) is 0.691. The van der Waals surface area contributed by atoms with E-state index in [0.717, 1.165) is 22.0 Å². The summed E-state index contributed by atoms with van der Waals surface area (Å²) in [6, 6.07) is 7.60. The van der Waals surface area contributed by atoms with Crippen LogP contribution in [0.2, 0.25) is 0 Å². The topological polar surface area (TPSA) is 60.5 Å². The second-order valence-electron chi connectivity index (χ2n) is 5.39. The van der Waals surface area contributed by atoms with E-state index in [2.05, 4.69) is 26.2 Å². The van der Waals surface area contributed by atoms with Crippen LogP contribution in [-0.4, -0.2) is 30.6 Å². The Morgan fingerprint density at radius 1 is 1.20 bits per heavy atom. The van der Waals surface area contributed by atoms with Crippen molar-refractivity contribution < 1.29 is 14.3 Å². The molecule has 1 aromatic carbocycles. The Bertz CT molecular complexity index is 693. The summed E-state index contributed by atoms with van der Waals surface area (Å²) in [6.07, 6.45) is 4.58. The molecule has 1 aromatic heterocycles. The van der Waals surface area contributed by atoms with E-state index in [-0.39, 0.29) is 12.3 Å². The molecule has 0 aliphatic rings. The van der Waals surface area contributed by atoms with E-state index in [1.807, 2.05) is 44.3 Å². The van der Waals surface area contributed by atoms with Crippen molar-refractivity contribution >= 4 is 21.8 Å². The number of nitrogens with zero attached hydrogens (tertiary/aromatic N) is 1. The lowest BCUT2D eigenvalue weighted by molar-refractivity contribution is -0.120. The lowest BCUT2D eigenvalue weighted by Gasteiger charge is -2.14. The second-order valence-corrected chi connectivity index (χ2v) is 6.25. The molecule has 0 atom stereocenters. The van der Waals surface area contributed by atoms with Crippen LogP contribution in [0.5, 0.6) is 11.5 Å². The van der Waals surface area contributed by atoms with E-state index >= 15 is 0 Å². The van der Waals surface area contributed by atoms with Crippen molar-refractivity contribution in [1.82, 2.24) is 10.3 Å². The maximum absolute atomic E-state index is 12.2. The van der Waals surface area contributed by atoms with Crippen molar-refractivity contribution in [2.45, 2.75) is 26.7 Å². The highest BCUT2D eigenvalue weighted by atomic mass is 79.9. The fraction of sp³-hybridized carbons (Fsp3) is 0.368. The first-order valence-corrected chi connectivity index (χ1v) is 9.17. The third-order valence-corrected chi connectivity index (χ3v) is 4.26. The highest BCUT2D eigenvalue weighted by Gasteiger charge is 2.13. The molecule has 25 heavy (non-hydrogen) atoms. The molecule has 1 N–H and O–H groups in total. The van der Waals surface area contributed by atoms with Gasteiger partial charge in [-0.25, -0.2) is 0 Å². The van der Waals surface area contributed by atoms with Gasteiger partial charge in [0, 0.05) is 23.4 Å². The van der Waals surface area contributed by atoms with E-state index in [9.17, 15) is 4.79 Å². The second kappa shape index (κ2) is 10.0. The van der Waals surface area contributed by atoms with Gasteiger partial charge >= 0.3 is 0 Å². The van der Waals surface area contributed by atoms with Gasteiger partial charge in [0.15, 0.2) is 11.5 Å². The number of carbonyl (C=O) groups excluding carboxylic acids is 1. The van der Waals surface area contributed by atoms with Crippen LogP contribution in [0, 0.1) is 0 Å². The van der Waals surface area contributed by atoms with Crippen molar-refractivity contribution in [3.63, 3.8) is 0 Å². The van der Waals surface area contributed by atoms with Crippen LogP contribution in [-0.2, 0) is 17.6 Å². The zero-order valence-corrected chi connectivity index (χ0v) is 16.1. The van der Waals surface area contributed by atoms with E-state index in [4.69, 9.17) is 9.47 Å². The van der Waals surface area contributed by atoms with Crippen molar-refractivity contribution in [2.24, 2.45) is 0 Å². The molecule has 134 valence electrons. The van der Waals surface area contributed by atoms with Crippen molar-refractivity contribution in [1.29, 1.82) is 0 Å². The average molecular weight is 407 g/mol. The van der Waals surface area contributed by atoms with Crippen LogP contribution in [0.3, 0.4) is 0 Å². The van der Waals surface area contributed by atoms with Crippen molar-refractivity contribution in [3.8, 4) is 11.5 Å². The standard InChI is InChI=1S/C19H23BrN2O3/c1-3-24-17-10-15(16(20)12-18(17)25-4-2)11-19(23)22-9-7-14-6-5-8-21-13-14/h5-6,8,10,12-13H,3-4,7,9,11H2,1-2H3,(H,22,23). The molecule has 1 amide bonds. The summed E-state index contributed by atoms with van der Waals surface area (Å²) in [5.74, 6) is 1.30. The summed E-state index contributed by atoms with van der Waals surface area (Å²) in [5.41, 5.74) is 1.97. The molecule has 0 fully saturated rings. The maximum Gasteiger partial charge on any atom is 0.224 e. The van der Waals surface area contributed by atoms with Gasteiger partial charge in [0.05, 0.1) is 19.6 Å². The number of carbonyl (C=O) groups is 1. The Morgan fingerprint density at radius 3 is 2.56 bits per heavy atom. The van der Waals surface area contributed by atoms with Gasteiger partial charge in [-0.1, -0.05) is 22.0 Å². The molecule has 2 rings (SSSR count). The first kappa shape index (κ1) is 19.2. The summed E-state index contributed by atoms with van der Waals surface area (Å²) in [6.45, 7) is 5.52. The van der Waals surface area contributed by atoms with Gasteiger partial charge in [-0.15, -0.1) is 0 Å². The van der Waals surface area contributed by atoms with Crippen molar-refractivity contribution in [3.05, 3.63) is 52.3 Å². The highest BCUT2D eigenvalue weighted by Crippen LogP contribution is 2.34. The number of hydrogen-bond donors (Lipinski definition) is 1. The molecule has 0 aliphatic heterocycles. The Kier molecular flexibility index (Phi) is 7.73. The average Bonchev–Trinajstić information content (AvgIpc) is 2.60. The van der Waals surface area contributed by atoms with Gasteiger partial charge in [0.1, 0.15) is 0 Å². The minimum atomic E-state index is -0.0313. The molecule has 5 nitrogen and oxygen atoms in total. The van der Waals surface area contributed by atoms with Crippen LogP contribution in [0.1, 0.15) is 25.0 Å². The molecule has 0 bridgehead atoms. The first-order chi connectivity index (χ1) is 12.1. The Morgan fingerprint density at radius 2 is 1.92 bits per heavy atom. The molecular formula is C19H23BrN2O3. The fourth-order valence-electron chi connectivity index (χ4n) is 2.38. The Hall–Kier alpha value is -2.08. The highest BCUT2D eigenvalue weighted by molar-refractivity contribution is 9.10. The molecule has 0 saturated carbocycles. The fourth-order valence-corrected chi connectivity index (χ4v) is 2.84.